The van der Waals surface area contributed by atoms with Gasteiger partial charge in [0.25, 0.3) is 5.91 Å². The van der Waals surface area contributed by atoms with E-state index in [1.54, 1.807) is 18.7 Å². The van der Waals surface area contributed by atoms with E-state index in [0.29, 0.717) is 5.56 Å². The molecule has 1 amide bonds. The van der Waals surface area contributed by atoms with Gasteiger partial charge in [-0.25, -0.2) is 4.39 Å². The Morgan fingerprint density at radius 2 is 1.95 bits per heavy atom. The lowest BCUT2D eigenvalue weighted by Gasteiger charge is -2.29. The molecule has 1 saturated heterocycles. The summed E-state index contributed by atoms with van der Waals surface area (Å²) >= 11 is 0. The third kappa shape index (κ3) is 3.94. The molecule has 4 nitrogen and oxygen atoms in total. The minimum Gasteiger partial charge on any atom is -0.480 e. The number of aliphatic hydroxyl groups excluding tert-OH is 1. The summed E-state index contributed by atoms with van der Waals surface area (Å²) in [6.07, 6.45) is 1.70. The zero-order valence-electron chi connectivity index (χ0n) is 12.5. The summed E-state index contributed by atoms with van der Waals surface area (Å²) in [4.78, 5) is 14.1. The first kappa shape index (κ1) is 15.8. The van der Waals surface area contributed by atoms with Gasteiger partial charge in [0.15, 0.2) is 6.10 Å². The van der Waals surface area contributed by atoms with Crippen molar-refractivity contribution >= 4 is 5.91 Å². The first-order valence-corrected chi connectivity index (χ1v) is 7.42. The van der Waals surface area contributed by atoms with Crippen LogP contribution in [0.2, 0.25) is 0 Å². The average Bonchev–Trinajstić information content (AvgIpc) is 2.47. The van der Waals surface area contributed by atoms with Crippen LogP contribution in [0.5, 0.6) is 5.75 Å². The van der Waals surface area contributed by atoms with Gasteiger partial charge in [-0.05, 0) is 45.2 Å². The number of carbonyl (C=O) groups excluding carboxylic acids is 1. The minimum atomic E-state index is -0.780. The van der Waals surface area contributed by atoms with Crippen molar-refractivity contribution in [3.05, 3.63) is 29.6 Å². The molecule has 0 spiro atoms. The summed E-state index contributed by atoms with van der Waals surface area (Å²) in [6, 6.07) is 3.96. The van der Waals surface area contributed by atoms with Crippen LogP contribution < -0.4 is 4.74 Å². The van der Waals surface area contributed by atoms with E-state index in [-0.39, 0.29) is 11.7 Å². The number of hydrogen-bond donors (Lipinski definition) is 1. The molecular weight excluding hydrogens is 273 g/mol. The second-order valence-corrected chi connectivity index (χ2v) is 5.50. The number of ether oxygens (including phenoxy) is 1. The molecule has 1 aromatic carbocycles. The Hall–Kier alpha value is -1.62. The smallest absolute Gasteiger partial charge is 0.263 e. The summed E-state index contributed by atoms with van der Waals surface area (Å²) < 4.78 is 19.0. The van der Waals surface area contributed by atoms with Crippen LogP contribution in [0.1, 0.15) is 44.8 Å². The summed E-state index contributed by atoms with van der Waals surface area (Å²) in [5.41, 5.74) is 0.481. The van der Waals surface area contributed by atoms with Crippen molar-refractivity contribution in [2.75, 3.05) is 13.1 Å². The first-order valence-electron chi connectivity index (χ1n) is 7.42. The van der Waals surface area contributed by atoms with Crippen molar-refractivity contribution in [2.45, 2.75) is 45.3 Å². The number of carbonyl (C=O) groups is 1. The predicted molar refractivity (Wildman–Crippen MR) is 77.6 cm³/mol. The normalized spacial score (nSPS) is 18.2. The van der Waals surface area contributed by atoms with Crippen LogP contribution >= 0.6 is 0 Å². The molecular formula is C16H22FNO3. The highest BCUT2D eigenvalue weighted by Gasteiger charge is 2.24. The van der Waals surface area contributed by atoms with E-state index >= 15 is 0 Å². The van der Waals surface area contributed by atoms with Gasteiger partial charge in [0.05, 0.1) is 6.10 Å². The van der Waals surface area contributed by atoms with Gasteiger partial charge in [-0.2, -0.15) is 0 Å². The highest BCUT2D eigenvalue weighted by molar-refractivity contribution is 5.81. The fourth-order valence-electron chi connectivity index (χ4n) is 2.57. The number of likely N-dealkylation sites (tertiary alicyclic amines) is 1. The summed E-state index contributed by atoms with van der Waals surface area (Å²) in [5, 5.41) is 9.70. The van der Waals surface area contributed by atoms with Gasteiger partial charge in [0.1, 0.15) is 11.6 Å². The van der Waals surface area contributed by atoms with Crippen molar-refractivity contribution < 1.29 is 19.0 Å². The lowest BCUT2D eigenvalue weighted by molar-refractivity contribution is -0.138. The van der Waals surface area contributed by atoms with Crippen molar-refractivity contribution in [1.29, 1.82) is 0 Å². The number of nitrogens with zero attached hydrogens (tertiary/aromatic N) is 1. The molecule has 1 unspecified atom stereocenters. The molecule has 2 atom stereocenters. The number of hydrogen-bond acceptors (Lipinski definition) is 3. The van der Waals surface area contributed by atoms with Gasteiger partial charge in [0, 0.05) is 24.7 Å². The van der Waals surface area contributed by atoms with Gasteiger partial charge in [0.2, 0.25) is 0 Å². The van der Waals surface area contributed by atoms with Crippen LogP contribution in [0.25, 0.3) is 0 Å². The molecule has 1 fully saturated rings. The van der Waals surface area contributed by atoms with Crippen molar-refractivity contribution in [3.8, 4) is 5.75 Å². The molecule has 1 aliphatic heterocycles. The Bertz CT molecular complexity index is 498. The molecule has 1 N–H and O–H groups in total. The van der Waals surface area contributed by atoms with Crippen LogP contribution in [0.4, 0.5) is 4.39 Å². The van der Waals surface area contributed by atoms with Gasteiger partial charge in [-0.3, -0.25) is 4.79 Å². The number of halogens is 1. The second kappa shape index (κ2) is 6.89. The first-order chi connectivity index (χ1) is 9.99. The highest BCUT2D eigenvalue weighted by atomic mass is 19.1. The van der Waals surface area contributed by atoms with Crippen molar-refractivity contribution in [3.63, 3.8) is 0 Å². The predicted octanol–water partition coefficient (Wildman–Crippen LogP) is 2.66. The summed E-state index contributed by atoms with van der Waals surface area (Å²) in [5.74, 6) is -0.314. The lowest BCUT2D eigenvalue weighted by atomic mass is 10.1. The molecule has 0 saturated carbocycles. The molecule has 0 aliphatic carbocycles. The van der Waals surface area contributed by atoms with E-state index in [1.807, 2.05) is 0 Å². The monoisotopic (exact) mass is 295 g/mol. The van der Waals surface area contributed by atoms with Crippen LogP contribution in [-0.2, 0) is 4.79 Å². The Kier molecular flexibility index (Phi) is 5.17. The maximum Gasteiger partial charge on any atom is 0.263 e. The van der Waals surface area contributed by atoms with E-state index in [2.05, 4.69) is 0 Å². The number of aliphatic hydroxyl groups is 1. The Labute approximate surface area is 124 Å². The molecule has 1 heterocycles. The minimum absolute atomic E-state index is 0.0875. The van der Waals surface area contributed by atoms with Gasteiger partial charge in [-0.15, -0.1) is 0 Å². The van der Waals surface area contributed by atoms with E-state index in [9.17, 15) is 14.3 Å². The van der Waals surface area contributed by atoms with E-state index in [0.717, 1.165) is 32.4 Å². The molecule has 0 aromatic heterocycles. The van der Waals surface area contributed by atoms with E-state index in [1.165, 1.54) is 18.2 Å². The number of rotatable bonds is 4. The van der Waals surface area contributed by atoms with Crippen LogP contribution in [0.3, 0.4) is 0 Å². The van der Waals surface area contributed by atoms with Crippen LogP contribution in [0.15, 0.2) is 18.2 Å². The fourth-order valence-corrected chi connectivity index (χ4v) is 2.57. The van der Waals surface area contributed by atoms with E-state index < -0.39 is 18.0 Å². The van der Waals surface area contributed by atoms with Gasteiger partial charge >= 0.3 is 0 Å². The second-order valence-electron chi connectivity index (χ2n) is 5.50. The maximum atomic E-state index is 13.4. The summed E-state index contributed by atoms with van der Waals surface area (Å²) in [7, 11) is 0. The third-order valence-corrected chi connectivity index (χ3v) is 3.74. The lowest BCUT2D eigenvalue weighted by Crippen LogP contribution is -2.43. The Balaban J connectivity index is 2.09. The molecule has 0 radical (unpaired) electrons. The molecule has 0 bridgehead atoms. The zero-order chi connectivity index (χ0) is 15.4. The van der Waals surface area contributed by atoms with Crippen molar-refractivity contribution in [1.82, 2.24) is 4.90 Å². The SMILES string of the molecule is CC(Oc1cc(F)ccc1[C@@H](C)O)C(=O)N1CCCCC1. The average molecular weight is 295 g/mol. The number of benzene rings is 1. The highest BCUT2D eigenvalue weighted by Crippen LogP contribution is 2.27. The molecule has 1 aliphatic rings. The molecule has 21 heavy (non-hydrogen) atoms. The zero-order valence-corrected chi connectivity index (χ0v) is 12.5. The summed E-state index contributed by atoms with van der Waals surface area (Å²) in [6.45, 7) is 4.74. The van der Waals surface area contributed by atoms with Crippen molar-refractivity contribution in [2.24, 2.45) is 0 Å². The molecule has 116 valence electrons. The topological polar surface area (TPSA) is 49.8 Å². The van der Waals surface area contributed by atoms with Gasteiger partial charge in [-0.1, -0.05) is 0 Å². The molecule has 5 heteroatoms. The number of piperidine rings is 1. The Morgan fingerprint density at radius 1 is 1.29 bits per heavy atom. The third-order valence-electron chi connectivity index (χ3n) is 3.74. The molecule has 1 aromatic rings. The maximum absolute atomic E-state index is 13.4. The van der Waals surface area contributed by atoms with Crippen LogP contribution in [-0.4, -0.2) is 35.1 Å². The largest absolute Gasteiger partial charge is 0.480 e. The standard InChI is InChI=1S/C16H22FNO3/c1-11(19)14-7-6-13(17)10-15(14)21-12(2)16(20)18-8-4-3-5-9-18/h6-7,10-12,19H,3-5,8-9H2,1-2H3/t11-,12?/m1/s1. The van der Waals surface area contributed by atoms with Gasteiger partial charge < -0.3 is 14.7 Å². The van der Waals surface area contributed by atoms with Crippen LogP contribution in [0, 0.1) is 5.82 Å². The fraction of sp³-hybridized carbons (Fsp3) is 0.562. The quantitative estimate of drug-likeness (QED) is 0.929. The molecule has 2 rings (SSSR count). The Morgan fingerprint density at radius 3 is 2.57 bits per heavy atom. The number of amides is 1. The van der Waals surface area contributed by atoms with E-state index in [4.69, 9.17) is 4.74 Å².